The first kappa shape index (κ1) is 17.7. The van der Waals surface area contributed by atoms with Crippen molar-refractivity contribution in [3.05, 3.63) is 77.3 Å². The molecule has 6 nitrogen and oxygen atoms in total. The van der Waals surface area contributed by atoms with Gasteiger partial charge in [-0.3, -0.25) is 14.8 Å². The van der Waals surface area contributed by atoms with E-state index >= 15 is 0 Å². The molecule has 26 heavy (non-hydrogen) atoms. The van der Waals surface area contributed by atoms with Gasteiger partial charge in [0.15, 0.2) is 0 Å². The van der Waals surface area contributed by atoms with Gasteiger partial charge in [0.25, 0.3) is 5.91 Å². The van der Waals surface area contributed by atoms with E-state index in [0.717, 1.165) is 11.3 Å². The first-order chi connectivity index (χ1) is 12.7. The van der Waals surface area contributed by atoms with Gasteiger partial charge in [-0.15, -0.1) is 0 Å². The number of pyridine rings is 2. The van der Waals surface area contributed by atoms with Crippen LogP contribution in [-0.2, 0) is 6.54 Å². The number of hydrogen-bond donors (Lipinski definition) is 2. The number of aromatic nitrogens is 2. The Balaban J connectivity index is 1.67. The van der Waals surface area contributed by atoms with Crippen molar-refractivity contribution in [3.8, 4) is 5.75 Å². The van der Waals surface area contributed by atoms with Gasteiger partial charge in [0.1, 0.15) is 5.75 Å². The largest absolute Gasteiger partial charge is 0.495 e. The number of halogens is 1. The van der Waals surface area contributed by atoms with Gasteiger partial charge in [0.2, 0.25) is 0 Å². The smallest absolute Gasteiger partial charge is 0.257 e. The molecule has 0 aliphatic rings. The van der Waals surface area contributed by atoms with Crippen LogP contribution >= 0.6 is 11.6 Å². The number of nitrogens with one attached hydrogen (secondary N) is 2. The van der Waals surface area contributed by atoms with Gasteiger partial charge in [-0.05, 0) is 35.9 Å². The van der Waals surface area contributed by atoms with Crippen LogP contribution in [0.2, 0.25) is 5.02 Å². The van der Waals surface area contributed by atoms with Crippen LogP contribution in [0.5, 0.6) is 5.75 Å². The lowest BCUT2D eigenvalue weighted by atomic mass is 10.2. The Morgan fingerprint density at radius 2 is 2.00 bits per heavy atom. The third-order valence-corrected chi connectivity index (χ3v) is 3.92. The van der Waals surface area contributed by atoms with Crippen LogP contribution in [0.1, 0.15) is 15.9 Å². The maximum Gasteiger partial charge on any atom is 0.257 e. The zero-order valence-corrected chi connectivity index (χ0v) is 14.8. The van der Waals surface area contributed by atoms with E-state index in [1.54, 1.807) is 42.9 Å². The standard InChI is InChI=1S/C19H17ClN4O2/c1-26-18-5-4-15(8-17(18)20)24-19(25)14-7-16(12-22-11-14)23-10-13-3-2-6-21-9-13/h2-9,11-12,23H,10H2,1H3,(H,24,25). The highest BCUT2D eigenvalue weighted by molar-refractivity contribution is 6.32. The molecule has 3 rings (SSSR count). The first-order valence-corrected chi connectivity index (χ1v) is 8.26. The van der Waals surface area contributed by atoms with E-state index in [9.17, 15) is 4.79 Å². The predicted molar refractivity (Wildman–Crippen MR) is 102 cm³/mol. The van der Waals surface area contributed by atoms with Crippen molar-refractivity contribution in [3.63, 3.8) is 0 Å². The lowest BCUT2D eigenvalue weighted by molar-refractivity contribution is 0.102. The molecule has 1 amide bonds. The molecular formula is C19H17ClN4O2. The van der Waals surface area contributed by atoms with Crippen LogP contribution < -0.4 is 15.4 Å². The van der Waals surface area contributed by atoms with Crippen molar-refractivity contribution in [2.75, 3.05) is 17.7 Å². The minimum atomic E-state index is -0.274. The number of nitrogens with zero attached hydrogens (tertiary/aromatic N) is 2. The predicted octanol–water partition coefficient (Wildman–Crippen LogP) is 4.00. The van der Waals surface area contributed by atoms with Crippen molar-refractivity contribution in [2.24, 2.45) is 0 Å². The molecule has 0 saturated heterocycles. The summed E-state index contributed by atoms with van der Waals surface area (Å²) in [6.07, 6.45) is 6.68. The zero-order valence-electron chi connectivity index (χ0n) is 14.1. The van der Waals surface area contributed by atoms with E-state index in [2.05, 4.69) is 20.6 Å². The van der Waals surface area contributed by atoms with Crippen molar-refractivity contribution >= 4 is 28.9 Å². The molecule has 2 N–H and O–H groups in total. The van der Waals surface area contributed by atoms with E-state index in [-0.39, 0.29) is 5.91 Å². The van der Waals surface area contributed by atoms with Gasteiger partial charge in [-0.25, -0.2) is 0 Å². The fourth-order valence-corrected chi connectivity index (χ4v) is 2.57. The van der Waals surface area contributed by atoms with Gasteiger partial charge in [0.05, 0.1) is 23.4 Å². The number of methoxy groups -OCH3 is 1. The Morgan fingerprint density at radius 3 is 2.73 bits per heavy atom. The summed E-state index contributed by atoms with van der Waals surface area (Å²) < 4.78 is 5.10. The maximum absolute atomic E-state index is 12.4. The second-order valence-electron chi connectivity index (χ2n) is 5.48. The maximum atomic E-state index is 12.4. The average molecular weight is 369 g/mol. The molecule has 0 aliphatic heterocycles. The molecule has 0 radical (unpaired) electrons. The summed E-state index contributed by atoms with van der Waals surface area (Å²) in [4.78, 5) is 20.6. The third-order valence-electron chi connectivity index (χ3n) is 3.63. The summed E-state index contributed by atoms with van der Waals surface area (Å²) in [5.74, 6) is 0.275. The molecule has 0 spiro atoms. The molecule has 3 aromatic rings. The molecule has 1 aromatic carbocycles. The molecular weight excluding hydrogens is 352 g/mol. The molecule has 0 aliphatic carbocycles. The number of carbonyl (C=O) groups is 1. The molecule has 2 aromatic heterocycles. The lowest BCUT2D eigenvalue weighted by Gasteiger charge is -2.10. The van der Waals surface area contributed by atoms with E-state index < -0.39 is 0 Å². The van der Waals surface area contributed by atoms with Crippen molar-refractivity contribution in [1.29, 1.82) is 0 Å². The summed E-state index contributed by atoms with van der Waals surface area (Å²) in [5.41, 5.74) is 2.80. The van der Waals surface area contributed by atoms with E-state index in [0.29, 0.717) is 28.6 Å². The molecule has 132 valence electrons. The Hall–Kier alpha value is -3.12. The number of benzene rings is 1. The second-order valence-corrected chi connectivity index (χ2v) is 5.89. The van der Waals surface area contributed by atoms with Crippen LogP contribution in [-0.4, -0.2) is 23.0 Å². The summed E-state index contributed by atoms with van der Waals surface area (Å²) in [6.45, 7) is 0.592. The summed E-state index contributed by atoms with van der Waals surface area (Å²) in [7, 11) is 1.54. The lowest BCUT2D eigenvalue weighted by Crippen LogP contribution is -2.13. The number of rotatable bonds is 6. The quantitative estimate of drug-likeness (QED) is 0.687. The molecule has 7 heteroatoms. The molecule has 0 atom stereocenters. The molecule has 0 bridgehead atoms. The highest BCUT2D eigenvalue weighted by Crippen LogP contribution is 2.27. The third kappa shape index (κ3) is 4.49. The highest BCUT2D eigenvalue weighted by atomic mass is 35.5. The van der Waals surface area contributed by atoms with Crippen molar-refractivity contribution in [1.82, 2.24) is 9.97 Å². The highest BCUT2D eigenvalue weighted by Gasteiger charge is 2.09. The molecule has 0 unspecified atom stereocenters. The van der Waals surface area contributed by atoms with Crippen molar-refractivity contribution < 1.29 is 9.53 Å². The van der Waals surface area contributed by atoms with Gasteiger partial charge in [0, 0.05) is 37.0 Å². The van der Waals surface area contributed by atoms with E-state index in [1.165, 1.54) is 13.3 Å². The van der Waals surface area contributed by atoms with Gasteiger partial charge in [-0.1, -0.05) is 17.7 Å². The molecule has 0 saturated carbocycles. The fourth-order valence-electron chi connectivity index (χ4n) is 2.32. The van der Waals surface area contributed by atoms with Crippen LogP contribution in [0, 0.1) is 0 Å². The van der Waals surface area contributed by atoms with E-state index in [1.807, 2.05) is 12.1 Å². The average Bonchev–Trinajstić information content (AvgIpc) is 2.67. The SMILES string of the molecule is COc1ccc(NC(=O)c2cncc(NCc3cccnc3)c2)cc1Cl. The normalized spacial score (nSPS) is 10.2. The Kier molecular flexibility index (Phi) is 5.66. The number of amides is 1. The van der Waals surface area contributed by atoms with Gasteiger partial charge >= 0.3 is 0 Å². The van der Waals surface area contributed by atoms with Gasteiger partial charge in [-0.2, -0.15) is 0 Å². The number of anilines is 2. The number of hydrogen-bond acceptors (Lipinski definition) is 5. The molecule has 2 heterocycles. The number of ether oxygens (including phenoxy) is 1. The Labute approximate surface area is 156 Å². The summed E-state index contributed by atoms with van der Waals surface area (Å²) >= 11 is 6.08. The zero-order chi connectivity index (χ0) is 18.4. The Bertz CT molecular complexity index is 903. The van der Waals surface area contributed by atoms with Gasteiger partial charge < -0.3 is 15.4 Å². The Morgan fingerprint density at radius 1 is 1.12 bits per heavy atom. The first-order valence-electron chi connectivity index (χ1n) is 7.88. The summed E-state index contributed by atoms with van der Waals surface area (Å²) in [6, 6.07) is 10.6. The minimum Gasteiger partial charge on any atom is -0.495 e. The summed E-state index contributed by atoms with van der Waals surface area (Å²) in [5, 5.41) is 6.44. The topological polar surface area (TPSA) is 76.1 Å². The van der Waals surface area contributed by atoms with Crippen LogP contribution in [0.4, 0.5) is 11.4 Å². The van der Waals surface area contributed by atoms with E-state index in [4.69, 9.17) is 16.3 Å². The van der Waals surface area contributed by atoms with Crippen LogP contribution in [0.15, 0.2) is 61.2 Å². The van der Waals surface area contributed by atoms with Crippen molar-refractivity contribution in [2.45, 2.75) is 6.54 Å². The fraction of sp³-hybridized carbons (Fsp3) is 0.105. The number of carbonyl (C=O) groups excluding carboxylic acids is 1. The minimum absolute atomic E-state index is 0.274. The van der Waals surface area contributed by atoms with Crippen LogP contribution in [0.25, 0.3) is 0 Å². The molecule has 0 fully saturated rings. The monoisotopic (exact) mass is 368 g/mol. The second kappa shape index (κ2) is 8.31. The van der Waals surface area contributed by atoms with Crippen LogP contribution in [0.3, 0.4) is 0 Å².